The van der Waals surface area contributed by atoms with Gasteiger partial charge in [-0.3, -0.25) is 0 Å². The number of hydrogen-bond acceptors (Lipinski definition) is 2. The van der Waals surface area contributed by atoms with E-state index in [1.54, 1.807) is 0 Å². The molecule has 2 nitrogen and oxygen atoms in total. The average Bonchev–Trinajstić information content (AvgIpc) is 3.02. The second-order valence-electron chi connectivity index (χ2n) is 5.65. The number of aryl methyl sites for hydroxylation is 1. The highest BCUT2D eigenvalue weighted by Crippen LogP contribution is 2.31. The standard InChI is InChI=1S/C15H22O2/c1-5-11-10-13(16-12-6-7-12)8-9-14(11)17-15(2,3)4/h8-10,12H,5-7H2,1-4H3. The predicted octanol–water partition coefficient (Wildman–Crippen LogP) is 3.97. The fourth-order valence-electron chi connectivity index (χ4n) is 1.71. The molecular formula is C15H22O2. The van der Waals surface area contributed by atoms with Crippen LogP contribution in [0, 0.1) is 0 Å². The van der Waals surface area contributed by atoms with Crippen LogP contribution in [0.25, 0.3) is 0 Å². The quantitative estimate of drug-likeness (QED) is 0.785. The largest absolute Gasteiger partial charge is 0.490 e. The molecule has 0 atom stereocenters. The molecule has 0 bridgehead atoms. The summed E-state index contributed by atoms with van der Waals surface area (Å²) in [6.45, 7) is 8.36. The Balaban J connectivity index is 2.15. The van der Waals surface area contributed by atoms with E-state index in [0.29, 0.717) is 6.10 Å². The first-order valence-electron chi connectivity index (χ1n) is 6.46. The van der Waals surface area contributed by atoms with Crippen LogP contribution in [0.4, 0.5) is 0 Å². The molecule has 0 aromatic heterocycles. The molecule has 0 unspecified atom stereocenters. The van der Waals surface area contributed by atoms with Gasteiger partial charge in [0.05, 0.1) is 6.10 Å². The lowest BCUT2D eigenvalue weighted by atomic mass is 10.1. The Morgan fingerprint density at radius 1 is 1.24 bits per heavy atom. The van der Waals surface area contributed by atoms with Crippen LogP contribution in [-0.2, 0) is 6.42 Å². The Labute approximate surface area is 104 Å². The van der Waals surface area contributed by atoms with E-state index in [1.807, 2.05) is 12.1 Å². The van der Waals surface area contributed by atoms with Crippen LogP contribution < -0.4 is 9.47 Å². The first-order chi connectivity index (χ1) is 7.98. The minimum absolute atomic E-state index is 0.150. The van der Waals surface area contributed by atoms with Gasteiger partial charge in [0.2, 0.25) is 0 Å². The van der Waals surface area contributed by atoms with Gasteiger partial charge in [0, 0.05) is 0 Å². The molecule has 1 aromatic rings. The van der Waals surface area contributed by atoms with E-state index in [2.05, 4.69) is 33.8 Å². The van der Waals surface area contributed by atoms with Crippen molar-refractivity contribution in [3.8, 4) is 11.5 Å². The highest BCUT2D eigenvalue weighted by molar-refractivity contribution is 5.40. The smallest absolute Gasteiger partial charge is 0.123 e. The molecule has 0 saturated heterocycles. The lowest BCUT2D eigenvalue weighted by Crippen LogP contribution is -2.23. The molecule has 1 aromatic carbocycles. The molecule has 0 aliphatic heterocycles. The van der Waals surface area contributed by atoms with Gasteiger partial charge in [-0.2, -0.15) is 0 Å². The van der Waals surface area contributed by atoms with Crippen LogP contribution >= 0.6 is 0 Å². The van der Waals surface area contributed by atoms with E-state index in [4.69, 9.17) is 9.47 Å². The van der Waals surface area contributed by atoms with Gasteiger partial charge in [0.25, 0.3) is 0 Å². The van der Waals surface area contributed by atoms with Crippen molar-refractivity contribution in [2.24, 2.45) is 0 Å². The van der Waals surface area contributed by atoms with Crippen molar-refractivity contribution in [3.05, 3.63) is 23.8 Å². The van der Waals surface area contributed by atoms with Crippen LogP contribution in [0.1, 0.15) is 46.1 Å². The van der Waals surface area contributed by atoms with E-state index < -0.39 is 0 Å². The monoisotopic (exact) mass is 234 g/mol. The first kappa shape index (κ1) is 12.3. The summed E-state index contributed by atoms with van der Waals surface area (Å²) >= 11 is 0. The maximum absolute atomic E-state index is 5.94. The SMILES string of the molecule is CCc1cc(OC2CC2)ccc1OC(C)(C)C. The highest BCUT2D eigenvalue weighted by atomic mass is 16.5. The predicted molar refractivity (Wildman–Crippen MR) is 69.9 cm³/mol. The van der Waals surface area contributed by atoms with Crippen LogP contribution in [0.5, 0.6) is 11.5 Å². The lowest BCUT2D eigenvalue weighted by molar-refractivity contribution is 0.129. The van der Waals surface area contributed by atoms with Gasteiger partial charge in [-0.05, 0) is 63.8 Å². The molecule has 0 amide bonds. The van der Waals surface area contributed by atoms with Gasteiger partial charge in [0.1, 0.15) is 17.1 Å². The minimum atomic E-state index is -0.150. The number of rotatable bonds is 4. The molecule has 0 spiro atoms. The van der Waals surface area contributed by atoms with E-state index in [1.165, 1.54) is 18.4 Å². The maximum atomic E-state index is 5.94. The fourth-order valence-corrected chi connectivity index (χ4v) is 1.71. The molecule has 2 rings (SSSR count). The molecule has 0 N–H and O–H groups in total. The molecule has 1 saturated carbocycles. The minimum Gasteiger partial charge on any atom is -0.490 e. The number of benzene rings is 1. The third-order valence-corrected chi connectivity index (χ3v) is 2.66. The Kier molecular flexibility index (Phi) is 3.32. The summed E-state index contributed by atoms with van der Waals surface area (Å²) in [5.41, 5.74) is 1.07. The zero-order valence-electron chi connectivity index (χ0n) is 11.2. The second-order valence-corrected chi connectivity index (χ2v) is 5.65. The molecule has 1 aliphatic rings. The molecule has 17 heavy (non-hydrogen) atoms. The summed E-state index contributed by atoms with van der Waals surface area (Å²) in [6.07, 6.45) is 3.81. The van der Waals surface area contributed by atoms with Gasteiger partial charge in [-0.1, -0.05) is 6.92 Å². The Bertz CT molecular complexity index is 386. The molecule has 0 radical (unpaired) electrons. The van der Waals surface area contributed by atoms with Gasteiger partial charge in [0.15, 0.2) is 0 Å². The number of hydrogen-bond donors (Lipinski definition) is 0. The highest BCUT2D eigenvalue weighted by Gasteiger charge is 2.24. The summed E-state index contributed by atoms with van der Waals surface area (Å²) in [5, 5.41) is 0. The summed E-state index contributed by atoms with van der Waals surface area (Å²) in [7, 11) is 0. The summed E-state index contributed by atoms with van der Waals surface area (Å²) in [6, 6.07) is 6.15. The van der Waals surface area contributed by atoms with E-state index >= 15 is 0 Å². The van der Waals surface area contributed by atoms with E-state index in [9.17, 15) is 0 Å². The molecular weight excluding hydrogens is 212 g/mol. The van der Waals surface area contributed by atoms with Crippen molar-refractivity contribution in [2.75, 3.05) is 0 Å². The topological polar surface area (TPSA) is 18.5 Å². The zero-order valence-corrected chi connectivity index (χ0v) is 11.2. The van der Waals surface area contributed by atoms with Gasteiger partial charge < -0.3 is 9.47 Å². The second kappa shape index (κ2) is 4.59. The Morgan fingerprint density at radius 3 is 2.47 bits per heavy atom. The summed E-state index contributed by atoms with van der Waals surface area (Å²) in [4.78, 5) is 0. The lowest BCUT2D eigenvalue weighted by Gasteiger charge is -2.23. The Morgan fingerprint density at radius 2 is 1.94 bits per heavy atom. The van der Waals surface area contributed by atoms with Gasteiger partial charge in [-0.15, -0.1) is 0 Å². The summed E-state index contributed by atoms with van der Waals surface area (Å²) < 4.78 is 11.7. The van der Waals surface area contributed by atoms with Gasteiger partial charge in [-0.25, -0.2) is 0 Å². The van der Waals surface area contributed by atoms with E-state index in [0.717, 1.165) is 17.9 Å². The fraction of sp³-hybridized carbons (Fsp3) is 0.600. The van der Waals surface area contributed by atoms with Crippen molar-refractivity contribution in [1.82, 2.24) is 0 Å². The molecule has 0 heterocycles. The van der Waals surface area contributed by atoms with Crippen LogP contribution in [0.15, 0.2) is 18.2 Å². The molecule has 1 aliphatic carbocycles. The van der Waals surface area contributed by atoms with Crippen LogP contribution in [-0.4, -0.2) is 11.7 Å². The average molecular weight is 234 g/mol. The Hall–Kier alpha value is -1.18. The molecule has 1 fully saturated rings. The third kappa shape index (κ3) is 3.65. The van der Waals surface area contributed by atoms with E-state index in [-0.39, 0.29) is 5.60 Å². The van der Waals surface area contributed by atoms with Crippen LogP contribution in [0.3, 0.4) is 0 Å². The molecule has 2 heteroatoms. The molecule has 94 valence electrons. The van der Waals surface area contributed by atoms with Crippen molar-refractivity contribution in [2.45, 2.75) is 58.7 Å². The van der Waals surface area contributed by atoms with Gasteiger partial charge >= 0.3 is 0 Å². The third-order valence-electron chi connectivity index (χ3n) is 2.66. The van der Waals surface area contributed by atoms with Crippen LogP contribution in [0.2, 0.25) is 0 Å². The summed E-state index contributed by atoms with van der Waals surface area (Å²) in [5.74, 6) is 1.95. The zero-order chi connectivity index (χ0) is 12.5. The number of ether oxygens (including phenoxy) is 2. The van der Waals surface area contributed by atoms with Crippen molar-refractivity contribution in [1.29, 1.82) is 0 Å². The van der Waals surface area contributed by atoms with Crippen molar-refractivity contribution >= 4 is 0 Å². The maximum Gasteiger partial charge on any atom is 0.123 e. The van der Waals surface area contributed by atoms with Crippen molar-refractivity contribution in [3.63, 3.8) is 0 Å². The first-order valence-corrected chi connectivity index (χ1v) is 6.46. The normalized spacial score (nSPS) is 15.8. The van der Waals surface area contributed by atoms with Crippen molar-refractivity contribution < 1.29 is 9.47 Å².